The van der Waals surface area contributed by atoms with Crippen molar-refractivity contribution in [2.75, 3.05) is 34.5 Å². The van der Waals surface area contributed by atoms with E-state index in [1.165, 1.54) is 51.7 Å². The van der Waals surface area contributed by atoms with Crippen LogP contribution >= 0.6 is 0 Å². The number of esters is 1. The van der Waals surface area contributed by atoms with Crippen LogP contribution in [0.5, 0.6) is 5.75 Å². The smallest absolute Gasteiger partial charge is 0.407 e. The zero-order chi connectivity index (χ0) is 62.3. The fourth-order valence-corrected chi connectivity index (χ4v) is 13.1. The number of carboxylic acids is 1. The predicted molar refractivity (Wildman–Crippen MR) is 314 cm³/mol. The summed E-state index contributed by atoms with van der Waals surface area (Å²) in [6.45, 7) is 8.18. The predicted octanol–water partition coefficient (Wildman–Crippen LogP) is 7.66. The Labute approximate surface area is 499 Å². The van der Waals surface area contributed by atoms with Crippen LogP contribution in [0.4, 0.5) is 4.79 Å². The number of ether oxygens (including phenoxy) is 6. The van der Waals surface area contributed by atoms with Gasteiger partial charge in [0.2, 0.25) is 5.79 Å². The van der Waals surface area contributed by atoms with Crippen molar-refractivity contribution in [3.63, 3.8) is 0 Å². The molecule has 4 aliphatic heterocycles. The number of aliphatic hydroxyl groups excluding tert-OH is 2. The molecule has 0 spiro atoms. The van der Waals surface area contributed by atoms with Crippen molar-refractivity contribution < 1.29 is 87.1 Å². The van der Waals surface area contributed by atoms with Crippen molar-refractivity contribution in [3.8, 4) is 28.2 Å². The number of nitrogens with zero attached hydrogens (tertiary/aromatic N) is 1. The summed E-state index contributed by atoms with van der Waals surface area (Å²) < 4.78 is 42.0. The molecule has 2 aromatic rings. The van der Waals surface area contributed by atoms with Gasteiger partial charge in [-0.3, -0.25) is 19.2 Å². The van der Waals surface area contributed by atoms with Crippen LogP contribution in [0.25, 0.3) is 33.4 Å². The molecular weight excluding hydrogens is 1110 g/mol. The Morgan fingerprint density at radius 1 is 0.837 bits per heavy atom. The minimum absolute atomic E-state index is 0.00557. The number of amides is 2. The monoisotopic (exact) mass is 1190 g/mol. The van der Waals surface area contributed by atoms with Crippen LogP contribution in [0.3, 0.4) is 0 Å². The maximum atomic E-state index is 14.7. The number of cyclic esters (lactones) is 1. The van der Waals surface area contributed by atoms with Crippen LogP contribution in [0, 0.1) is 29.6 Å². The molecule has 8 rings (SSSR count). The first-order valence-electron chi connectivity index (χ1n) is 29.8. The molecule has 0 aromatic heterocycles. The van der Waals surface area contributed by atoms with E-state index in [4.69, 9.17) is 32.8 Å². The maximum absolute atomic E-state index is 14.7. The zero-order valence-corrected chi connectivity index (χ0v) is 50.2. The van der Waals surface area contributed by atoms with Gasteiger partial charge in [-0.2, -0.15) is 0 Å². The number of alkyl carbamates (subject to hydrolysis) is 1. The summed E-state index contributed by atoms with van der Waals surface area (Å²) in [5, 5.41) is 59.4. The molecule has 1 saturated carbocycles. The first-order valence-corrected chi connectivity index (χ1v) is 29.8. The van der Waals surface area contributed by atoms with Crippen molar-refractivity contribution >= 4 is 46.5 Å². The lowest BCUT2D eigenvalue weighted by molar-refractivity contribution is -0.302. The van der Waals surface area contributed by atoms with Crippen molar-refractivity contribution in [2.24, 2.45) is 29.6 Å². The van der Waals surface area contributed by atoms with Gasteiger partial charge in [0.15, 0.2) is 11.2 Å². The number of fused-ring (bicyclic) bond motifs is 5. The molecule has 21 nitrogen and oxygen atoms in total. The number of aromatic hydroxyl groups is 1. The fraction of sp³-hybridized carbons (Fsp3) is 0.554. The van der Waals surface area contributed by atoms with Gasteiger partial charge >= 0.3 is 18.0 Å². The third-order valence-corrected chi connectivity index (χ3v) is 17.9. The molecule has 4 heterocycles. The second kappa shape index (κ2) is 28.3. The van der Waals surface area contributed by atoms with E-state index in [0.29, 0.717) is 72.6 Å². The summed E-state index contributed by atoms with van der Waals surface area (Å²) in [7, 11) is 4.47. The molecule has 14 atom stereocenters. The Morgan fingerprint density at radius 3 is 2.28 bits per heavy atom. The van der Waals surface area contributed by atoms with Gasteiger partial charge < -0.3 is 68.6 Å². The molecule has 2 saturated heterocycles. The minimum Gasteiger partial charge on any atom is -0.507 e. The molecule has 0 radical (unpaired) electrons. The maximum Gasteiger partial charge on any atom is 0.407 e. The first kappa shape index (κ1) is 65.1. The topological polar surface area (TPSA) is 304 Å². The number of ketones is 2. The Bertz CT molecular complexity index is 3220. The van der Waals surface area contributed by atoms with Gasteiger partial charge in [0.05, 0.1) is 54.8 Å². The number of carbonyl (C=O) groups excluding carboxylic acids is 5. The molecule has 3 unspecified atom stereocenters. The molecular formula is C65H82N2O19. The second-order valence-corrected chi connectivity index (χ2v) is 24.0. The average molecular weight is 1200 g/mol. The summed E-state index contributed by atoms with van der Waals surface area (Å²) in [6, 6.07) is 12.1. The van der Waals surface area contributed by atoms with Gasteiger partial charge in [-0.1, -0.05) is 58.0 Å². The summed E-state index contributed by atoms with van der Waals surface area (Å²) in [5.41, 5.74) is 1.72. The molecule has 6 aliphatic rings. The van der Waals surface area contributed by atoms with E-state index in [-0.39, 0.29) is 95.9 Å². The van der Waals surface area contributed by atoms with Crippen LogP contribution < -0.4 is 10.7 Å². The standard InChI is InChI=1S/C65H82N2O19/c1-34-25-35(2)27-54(81-7)59-55(82-8)29-37(4)65(79,86-59)60(73)61(74)67-23-12-11-15-47(67)63(77)85-57(36(3)28-39-16-20-49(70)53(30-39)80-6)38(5)50(71)32-51(72)40(26-34)22-24-83-64(78)66-33-46-48(69)21-19-45-56(42-13-9-10-14-43(42)62(75)76)44-18-17-41(68)31-52(44)84-58(45)46/h9-10,13-14,17-19,21,26,28,31,34-35,37-39,47,49-50,53-55,57,59,69-71,79H,11-12,15-16,20,22-25,27,29-30,32-33H2,1-8H3,(H,66,78)(H,75,76)/t34?,35-,37+,38+,39?,47?,49+,50-,53+,54-,55-,57+,59+,65+/m0/s1. The van der Waals surface area contributed by atoms with Crippen LogP contribution in [-0.2, 0) is 54.1 Å². The molecule has 2 aromatic carbocycles. The average Bonchev–Trinajstić information content (AvgIpc) is 0.815. The van der Waals surface area contributed by atoms with E-state index in [1.54, 1.807) is 51.1 Å². The number of aromatic carboxylic acids is 1. The normalized spacial score (nSPS) is 30.5. The Kier molecular flexibility index (Phi) is 21.5. The number of Topliss-reactive ketones (excluding diaryl/α,β-unsaturated/α-hetero) is 2. The minimum atomic E-state index is -2.62. The molecule has 2 amide bonds. The highest BCUT2D eigenvalue weighted by molar-refractivity contribution is 6.39. The number of methoxy groups -OCH3 is 3. The van der Waals surface area contributed by atoms with E-state index in [1.807, 2.05) is 19.9 Å². The van der Waals surface area contributed by atoms with E-state index in [9.17, 15) is 59.1 Å². The lowest BCUT2D eigenvalue weighted by Crippen LogP contribution is -2.64. The van der Waals surface area contributed by atoms with Gasteiger partial charge in [0.25, 0.3) is 11.7 Å². The number of aliphatic hydroxyl groups is 3. The Morgan fingerprint density at radius 2 is 1.56 bits per heavy atom. The second-order valence-electron chi connectivity index (χ2n) is 24.0. The number of phenolic OH excluding ortho intramolecular Hbond substituents is 1. The highest BCUT2D eigenvalue weighted by Crippen LogP contribution is 2.44. The largest absolute Gasteiger partial charge is 0.507 e. The van der Waals surface area contributed by atoms with Crippen molar-refractivity contribution in [1.82, 2.24) is 10.2 Å². The molecule has 466 valence electrons. The number of nitrogens with one attached hydrogen (secondary N) is 1. The van der Waals surface area contributed by atoms with Gasteiger partial charge in [-0.05, 0) is 130 Å². The molecule has 3 fully saturated rings. The lowest BCUT2D eigenvalue weighted by atomic mass is 9.81. The van der Waals surface area contributed by atoms with E-state index >= 15 is 0 Å². The van der Waals surface area contributed by atoms with Crippen LogP contribution in [0.15, 0.2) is 87.1 Å². The molecule has 2 aliphatic carbocycles. The van der Waals surface area contributed by atoms with Crippen molar-refractivity contribution in [3.05, 3.63) is 99.2 Å². The van der Waals surface area contributed by atoms with Crippen LogP contribution in [0.2, 0.25) is 0 Å². The highest BCUT2D eigenvalue weighted by atomic mass is 16.7. The molecule has 86 heavy (non-hydrogen) atoms. The van der Waals surface area contributed by atoms with Gasteiger partial charge in [0, 0.05) is 75.1 Å². The van der Waals surface area contributed by atoms with Gasteiger partial charge in [0.1, 0.15) is 35.3 Å². The van der Waals surface area contributed by atoms with Crippen LogP contribution in [0.1, 0.15) is 121 Å². The Hall–Kier alpha value is -6.85. The number of allylic oxidation sites excluding steroid dienone is 2. The number of rotatable bonds is 12. The quantitative estimate of drug-likeness (QED) is 0.0343. The number of hydrogen-bond acceptors (Lipinski definition) is 18. The zero-order valence-electron chi connectivity index (χ0n) is 50.2. The van der Waals surface area contributed by atoms with E-state index in [0.717, 1.165) is 4.90 Å². The molecule has 2 bridgehead atoms. The summed E-state index contributed by atoms with van der Waals surface area (Å²) in [6.07, 6.45) is -0.468. The number of hydrogen-bond donors (Lipinski definition) is 6. The molecule has 21 heteroatoms. The third-order valence-electron chi connectivity index (χ3n) is 17.9. The summed E-state index contributed by atoms with van der Waals surface area (Å²) in [4.78, 5) is 98.2. The number of carboxylic acid groups (broad SMARTS) is 1. The highest BCUT2D eigenvalue weighted by Gasteiger charge is 2.57. The lowest BCUT2D eigenvalue weighted by Gasteiger charge is -2.47. The first-order chi connectivity index (χ1) is 41.0. The van der Waals surface area contributed by atoms with Gasteiger partial charge in [-0.25, -0.2) is 14.4 Å². The SMILES string of the molecule is CO[C@H]1C[C@@H](C)CC(C)C=C(CCOC(=O)NCc2c(O)ccc3c(-c4ccccc4C(=O)O)c4ccc(=O)cc-4oc23)C(=O)C[C@H](O)[C@@H](C)[C@@H](C(C)=CC2CC[C@@H](O)[C@H](OC)C2)OC(=O)C2CCCCN2C(=O)C(=O)[C@]2(O)O[C@H]1[C@@H](OC)C[C@H]2C. The third kappa shape index (κ3) is 14.4. The van der Waals surface area contributed by atoms with E-state index < -0.39 is 108 Å². The number of carbonyl (C=O) groups is 6. The van der Waals surface area contributed by atoms with Crippen molar-refractivity contribution in [1.29, 1.82) is 0 Å². The summed E-state index contributed by atoms with van der Waals surface area (Å²) in [5.74, 6) is -10.1. The number of phenols is 1. The van der Waals surface area contributed by atoms with Gasteiger partial charge in [-0.15, -0.1) is 0 Å². The number of benzene rings is 3. The van der Waals surface area contributed by atoms with Crippen molar-refractivity contribution in [2.45, 2.75) is 166 Å². The fourth-order valence-electron chi connectivity index (χ4n) is 13.1. The number of piperidine rings is 1. The van der Waals surface area contributed by atoms with E-state index in [2.05, 4.69) is 5.32 Å². The Balaban J connectivity index is 1.09. The molecule has 6 N–H and O–H groups in total. The van der Waals surface area contributed by atoms with Crippen LogP contribution in [-0.4, -0.2) is 155 Å². The summed E-state index contributed by atoms with van der Waals surface area (Å²) >= 11 is 0.